The van der Waals surface area contributed by atoms with Crippen LogP contribution >= 0.6 is 0 Å². The molecule has 1 amide bonds. The normalized spacial score (nSPS) is 12.6. The highest BCUT2D eigenvalue weighted by atomic mass is 16.5. The van der Waals surface area contributed by atoms with Crippen LogP contribution < -0.4 is 15.4 Å². The van der Waals surface area contributed by atoms with Gasteiger partial charge >= 0.3 is 0 Å². The van der Waals surface area contributed by atoms with Gasteiger partial charge in [-0.1, -0.05) is 12.1 Å². The van der Waals surface area contributed by atoms with Gasteiger partial charge in [0.05, 0.1) is 24.9 Å². The summed E-state index contributed by atoms with van der Waals surface area (Å²) in [5.41, 5.74) is 4.78. The largest absolute Gasteiger partial charge is 0.504 e. The number of methoxy groups -OCH3 is 1. The number of ether oxygens (including phenoxy) is 1. The molecule has 2 heterocycles. The van der Waals surface area contributed by atoms with Gasteiger partial charge in [-0.15, -0.1) is 0 Å². The number of fused-ring (bicyclic) bond motifs is 3. The van der Waals surface area contributed by atoms with E-state index < -0.39 is 0 Å². The maximum absolute atomic E-state index is 12.4. The molecule has 154 valence electrons. The van der Waals surface area contributed by atoms with E-state index in [9.17, 15) is 9.90 Å². The minimum absolute atomic E-state index is 0.0193. The summed E-state index contributed by atoms with van der Waals surface area (Å²) < 4.78 is 5.07. The van der Waals surface area contributed by atoms with Gasteiger partial charge in [0, 0.05) is 35.6 Å². The summed E-state index contributed by atoms with van der Waals surface area (Å²) in [4.78, 5) is 23.5. The lowest BCUT2D eigenvalue weighted by Crippen LogP contribution is -2.14. The van der Waals surface area contributed by atoms with Crippen molar-refractivity contribution in [3.05, 3.63) is 53.7 Å². The van der Waals surface area contributed by atoms with Crippen LogP contribution in [0.15, 0.2) is 42.6 Å². The second kappa shape index (κ2) is 8.00. The molecule has 3 N–H and O–H groups in total. The van der Waals surface area contributed by atoms with Gasteiger partial charge in [0.2, 0.25) is 11.9 Å². The van der Waals surface area contributed by atoms with Crippen molar-refractivity contribution in [3.63, 3.8) is 0 Å². The first-order valence-electron chi connectivity index (χ1n) is 9.51. The molecule has 0 saturated carbocycles. The number of hydrogen-bond donors (Lipinski definition) is 3. The Hall–Kier alpha value is -3.65. The van der Waals surface area contributed by atoms with Crippen LogP contribution in [0.2, 0.25) is 0 Å². The smallest absolute Gasteiger partial charge is 0.228 e. The SMILES string of the molecule is COc1ccc(Nc2ncc3c(n2)-c2ccc(CN(C)C)cc2NC(=O)C3)cc1O. The minimum Gasteiger partial charge on any atom is -0.504 e. The van der Waals surface area contributed by atoms with Crippen LogP contribution in [0.1, 0.15) is 11.1 Å². The summed E-state index contributed by atoms with van der Waals surface area (Å²) in [6, 6.07) is 11.0. The fourth-order valence-electron chi connectivity index (χ4n) is 3.46. The Morgan fingerprint density at radius 2 is 2.07 bits per heavy atom. The molecule has 8 heteroatoms. The number of aromatic hydroxyl groups is 1. The highest BCUT2D eigenvalue weighted by Crippen LogP contribution is 2.35. The van der Waals surface area contributed by atoms with E-state index in [1.165, 1.54) is 7.11 Å². The molecule has 1 aromatic heterocycles. The first-order chi connectivity index (χ1) is 14.4. The number of carbonyl (C=O) groups excluding carboxylic acids is 1. The molecule has 0 spiro atoms. The van der Waals surface area contributed by atoms with Crippen molar-refractivity contribution in [2.45, 2.75) is 13.0 Å². The molecule has 2 aromatic carbocycles. The highest BCUT2D eigenvalue weighted by molar-refractivity contribution is 6.00. The van der Waals surface area contributed by atoms with Crippen molar-refractivity contribution in [2.24, 2.45) is 0 Å². The molecule has 0 aliphatic carbocycles. The zero-order valence-corrected chi connectivity index (χ0v) is 17.1. The topological polar surface area (TPSA) is 99.6 Å². The fourth-order valence-corrected chi connectivity index (χ4v) is 3.46. The van der Waals surface area contributed by atoms with Gasteiger partial charge in [-0.05, 0) is 37.9 Å². The van der Waals surface area contributed by atoms with Crippen LogP contribution in [-0.2, 0) is 17.8 Å². The van der Waals surface area contributed by atoms with Crippen molar-refractivity contribution in [2.75, 3.05) is 31.8 Å². The van der Waals surface area contributed by atoms with Crippen molar-refractivity contribution < 1.29 is 14.6 Å². The summed E-state index contributed by atoms with van der Waals surface area (Å²) in [6.45, 7) is 0.771. The third kappa shape index (κ3) is 4.04. The number of benzene rings is 2. The van der Waals surface area contributed by atoms with Crippen LogP contribution in [0.3, 0.4) is 0 Å². The minimum atomic E-state index is -0.0959. The summed E-state index contributed by atoms with van der Waals surface area (Å²) in [5, 5.41) is 16.1. The molecular formula is C22H23N5O3. The maximum Gasteiger partial charge on any atom is 0.228 e. The molecule has 0 bridgehead atoms. The van der Waals surface area contributed by atoms with Gasteiger partial charge in [-0.25, -0.2) is 9.97 Å². The van der Waals surface area contributed by atoms with Crippen molar-refractivity contribution >= 4 is 23.2 Å². The number of rotatable bonds is 5. The van der Waals surface area contributed by atoms with Gasteiger partial charge in [-0.2, -0.15) is 0 Å². The van der Waals surface area contributed by atoms with Gasteiger partial charge in [-0.3, -0.25) is 4.79 Å². The maximum atomic E-state index is 12.4. The van der Waals surface area contributed by atoms with Crippen LogP contribution in [0.25, 0.3) is 11.3 Å². The standard InChI is InChI=1S/C22H23N5O3/c1-27(2)12-13-4-6-16-17(8-13)25-20(29)9-14-11-23-22(26-21(14)16)24-15-5-7-19(30-3)18(28)10-15/h4-8,10-11,28H,9,12H2,1-3H3,(H,25,29)(H,23,24,26). The van der Waals surface area contributed by atoms with Gasteiger partial charge in [0.15, 0.2) is 11.5 Å². The Balaban J connectivity index is 1.71. The molecular weight excluding hydrogens is 382 g/mol. The Labute approximate surface area is 174 Å². The summed E-state index contributed by atoms with van der Waals surface area (Å²) in [7, 11) is 5.50. The van der Waals surface area contributed by atoms with E-state index >= 15 is 0 Å². The zero-order chi connectivity index (χ0) is 21.3. The Bertz CT molecular complexity index is 1110. The number of carbonyl (C=O) groups is 1. The number of anilines is 3. The summed E-state index contributed by atoms with van der Waals surface area (Å²) in [6.07, 6.45) is 1.87. The van der Waals surface area contributed by atoms with Crippen LogP contribution in [-0.4, -0.2) is 47.1 Å². The van der Waals surface area contributed by atoms with Crippen molar-refractivity contribution in [1.29, 1.82) is 0 Å². The first kappa shape index (κ1) is 19.7. The third-order valence-corrected chi connectivity index (χ3v) is 4.76. The number of aromatic nitrogens is 2. The molecule has 30 heavy (non-hydrogen) atoms. The van der Waals surface area contributed by atoms with Crippen LogP contribution in [0.4, 0.5) is 17.3 Å². The second-order valence-electron chi connectivity index (χ2n) is 7.42. The first-order valence-corrected chi connectivity index (χ1v) is 9.51. The number of phenols is 1. The molecule has 0 radical (unpaired) electrons. The number of nitrogens with one attached hydrogen (secondary N) is 2. The van der Waals surface area contributed by atoms with Crippen molar-refractivity contribution in [3.8, 4) is 22.8 Å². The molecule has 4 rings (SSSR count). The molecule has 1 aliphatic rings. The predicted octanol–water partition coefficient (Wildman–Crippen LogP) is 3.16. The lowest BCUT2D eigenvalue weighted by atomic mass is 10.0. The van der Waals surface area contributed by atoms with Gasteiger partial charge in [0.1, 0.15) is 0 Å². The van der Waals surface area contributed by atoms with Gasteiger partial charge in [0.25, 0.3) is 0 Å². The Morgan fingerprint density at radius 3 is 2.80 bits per heavy atom. The molecule has 8 nitrogen and oxygen atoms in total. The highest BCUT2D eigenvalue weighted by Gasteiger charge is 2.21. The predicted molar refractivity (Wildman–Crippen MR) is 115 cm³/mol. The summed E-state index contributed by atoms with van der Waals surface area (Å²) in [5.74, 6) is 0.679. The second-order valence-corrected chi connectivity index (χ2v) is 7.42. The molecule has 1 aliphatic heterocycles. The monoisotopic (exact) mass is 405 g/mol. The quantitative estimate of drug-likeness (QED) is 0.600. The Kier molecular flexibility index (Phi) is 5.24. The average Bonchev–Trinajstić information content (AvgIpc) is 2.82. The van der Waals surface area contributed by atoms with E-state index in [-0.39, 0.29) is 18.1 Å². The zero-order valence-electron chi connectivity index (χ0n) is 17.1. The molecule has 0 fully saturated rings. The van der Waals surface area contributed by atoms with Gasteiger partial charge < -0.3 is 25.4 Å². The average molecular weight is 405 g/mol. The van der Waals surface area contributed by atoms with Crippen LogP contribution in [0.5, 0.6) is 11.5 Å². The lowest BCUT2D eigenvalue weighted by Gasteiger charge is -2.14. The molecule has 0 atom stereocenters. The number of amides is 1. The number of hydrogen-bond acceptors (Lipinski definition) is 7. The van der Waals surface area contributed by atoms with E-state index in [2.05, 4.69) is 25.5 Å². The fraction of sp³-hybridized carbons (Fsp3) is 0.227. The summed E-state index contributed by atoms with van der Waals surface area (Å²) >= 11 is 0. The van der Waals surface area contributed by atoms with Crippen molar-refractivity contribution in [1.82, 2.24) is 14.9 Å². The lowest BCUT2D eigenvalue weighted by molar-refractivity contribution is -0.115. The van der Waals surface area contributed by atoms with E-state index in [1.54, 1.807) is 24.4 Å². The molecule has 0 unspecified atom stereocenters. The van der Waals surface area contributed by atoms with E-state index in [0.29, 0.717) is 23.1 Å². The van der Waals surface area contributed by atoms with E-state index in [1.807, 2.05) is 32.3 Å². The van der Waals surface area contributed by atoms with Crippen LogP contribution in [0, 0.1) is 0 Å². The van der Waals surface area contributed by atoms with E-state index in [0.717, 1.165) is 28.9 Å². The molecule has 3 aromatic rings. The number of nitrogens with zero attached hydrogens (tertiary/aromatic N) is 3. The van der Waals surface area contributed by atoms with E-state index in [4.69, 9.17) is 4.74 Å². The Morgan fingerprint density at radius 1 is 1.23 bits per heavy atom. The molecule has 0 saturated heterocycles. The third-order valence-electron chi connectivity index (χ3n) is 4.76. The number of phenolic OH excluding ortho intramolecular Hbond substituents is 1.